The molecule has 0 saturated carbocycles. The van der Waals surface area contributed by atoms with Crippen LogP contribution in [0.5, 0.6) is 0 Å². The van der Waals surface area contributed by atoms with Crippen molar-refractivity contribution in [2.75, 3.05) is 59.7 Å². The van der Waals surface area contributed by atoms with Gasteiger partial charge in [0.05, 0.1) is 18.3 Å². The first kappa shape index (κ1) is 58.7. The van der Waals surface area contributed by atoms with Gasteiger partial charge in [0.1, 0.15) is 17.3 Å². The summed E-state index contributed by atoms with van der Waals surface area (Å²) >= 11 is -2.59. The van der Waals surface area contributed by atoms with Crippen LogP contribution < -0.4 is 77.5 Å². The van der Waals surface area contributed by atoms with Crippen molar-refractivity contribution in [3.05, 3.63) is 109 Å². The fourth-order valence-corrected chi connectivity index (χ4v) is 13.6. The Labute approximate surface area is 455 Å². The minimum Gasteiger partial charge on any atom is -1.00 e. The maximum atomic E-state index is 14.6. The molecular weight excluding hydrogens is 1120 g/mol. The van der Waals surface area contributed by atoms with Gasteiger partial charge in [-0.3, -0.25) is 0 Å². The van der Waals surface area contributed by atoms with Crippen molar-refractivity contribution in [2.24, 2.45) is 5.92 Å². The van der Waals surface area contributed by atoms with E-state index in [-0.39, 0.29) is 112 Å². The summed E-state index contributed by atoms with van der Waals surface area (Å²) in [4.78, 5) is 49.6. The number of aliphatic hydroxyl groups is 1. The Balaban J connectivity index is 0.000000285. The van der Waals surface area contributed by atoms with Crippen LogP contribution in [0.25, 0.3) is 11.3 Å². The third-order valence-corrected chi connectivity index (χ3v) is 18.9. The number of likely N-dealkylation sites (tertiary alicyclic amines) is 2. The molecule has 0 aliphatic carbocycles. The van der Waals surface area contributed by atoms with Gasteiger partial charge in [-0.25, -0.2) is 18.7 Å². The molecule has 0 unspecified atom stereocenters. The second-order valence-electron chi connectivity index (χ2n) is 19.0. The monoisotopic (exact) mass is 1190 g/mol. The first-order chi connectivity index (χ1) is 31.2. The normalized spacial score (nSPS) is 19.6. The molecule has 4 atom stereocenters. The standard InChI is InChI=1S/C23H27FN6O.C21H22FN6O2.2CH4.4CH3.HI.Na.Sn/c1-15-7-10-28(14-15)23(31)26-19-13-25-30-11-8-21(27-22(19)30)29-9-3-4-20(29)17-5-6-18(24)16(2)12-17;22-15-5-3-14(4-6-15)18-2-1-9-27(18)19-8-11-28-20(25-19)17(12-23-28)24-21(30)26-10-7-16(29)13-26;;;;;;;;;/h5-6,8,11-13,15,20H,3-4,7,9-10,14H2,1-2H3,(H,26,31);3-5,8,11-12,16,18,29H,1-2,7,9-10,13H2,(H,24,30);2*1H4;4*1H3;1H;;/q;;;;;;;-1;;+1;/p-1/t15-,20+;16-,18+;;;;;;;;;/m00........./s1. The van der Waals surface area contributed by atoms with Crippen molar-refractivity contribution in [1.82, 2.24) is 39.0 Å². The summed E-state index contributed by atoms with van der Waals surface area (Å²) in [5.74, 6) is 1.92. The van der Waals surface area contributed by atoms with Gasteiger partial charge in [0.2, 0.25) is 0 Å². The minimum atomic E-state index is -2.59. The molecule has 10 rings (SSSR count). The Hall–Kier alpha value is -3.83. The van der Waals surface area contributed by atoms with E-state index in [9.17, 15) is 23.5 Å². The maximum Gasteiger partial charge on any atom is 1.00 e. The van der Waals surface area contributed by atoms with Crippen LogP contribution in [0.2, 0.25) is 14.8 Å². The van der Waals surface area contributed by atoms with Crippen molar-refractivity contribution in [3.63, 3.8) is 0 Å². The molecule has 0 spiro atoms. The second kappa shape index (κ2) is 24.7. The van der Waals surface area contributed by atoms with E-state index in [2.05, 4.69) is 58.4 Å². The summed E-state index contributed by atoms with van der Waals surface area (Å²) < 4.78 is 32.6. The van der Waals surface area contributed by atoms with Crippen LogP contribution in [0.1, 0.15) is 89.1 Å². The van der Waals surface area contributed by atoms with Gasteiger partial charge in [-0.15, -0.1) is 0 Å². The number of rotatable bonds is 7. The van der Waals surface area contributed by atoms with E-state index in [0.717, 1.165) is 84.6 Å². The number of β-amino-alcohol motifs (C(OH)–C–C–N with tert-alkyl or cyclic N) is 1. The number of aromatic nitrogens is 6. The third-order valence-electron chi connectivity index (χ3n) is 13.2. The molecule has 4 saturated heterocycles. The number of urea groups is 2. The number of nitrogens with zero attached hydrogens (tertiary/aromatic N) is 10. The van der Waals surface area contributed by atoms with E-state index in [0.29, 0.717) is 53.7 Å². The summed E-state index contributed by atoms with van der Waals surface area (Å²) in [5.41, 5.74) is 5.24. The first-order valence-electron chi connectivity index (χ1n) is 22.8. The molecule has 70 heavy (non-hydrogen) atoms. The molecule has 4 aliphatic heterocycles. The maximum absolute atomic E-state index is 14.6. The van der Waals surface area contributed by atoms with Crippen molar-refractivity contribution >= 4 is 68.3 Å². The summed E-state index contributed by atoms with van der Waals surface area (Å²) in [5, 5.41) is 24.3. The molecule has 0 bridgehead atoms. The van der Waals surface area contributed by atoms with Gasteiger partial charge in [-0.05, 0) is 61.8 Å². The van der Waals surface area contributed by atoms with Crippen LogP contribution in [0.15, 0.2) is 73.3 Å². The van der Waals surface area contributed by atoms with Crippen LogP contribution in [0.4, 0.5) is 41.4 Å². The average molecular weight is 1190 g/mol. The molecule has 4 fully saturated rings. The molecule has 4 aromatic heterocycles. The third kappa shape index (κ3) is 12.7. The number of hydrogen-bond acceptors (Lipinski definition) is 9. The van der Waals surface area contributed by atoms with E-state index in [4.69, 9.17) is 9.97 Å². The molecule has 2 aromatic carbocycles. The van der Waals surface area contributed by atoms with Gasteiger partial charge in [-0.2, -0.15) is 5.10 Å². The number of fused-ring (bicyclic) bond motifs is 2. The van der Waals surface area contributed by atoms with Crippen molar-refractivity contribution in [2.45, 2.75) is 100 Å². The van der Waals surface area contributed by atoms with Crippen molar-refractivity contribution in [1.29, 1.82) is 0 Å². The molecule has 4 aliphatic rings. The first-order valence-corrected chi connectivity index (χ1v) is 32.8. The number of carbonyl (C=O) groups is 2. The van der Waals surface area contributed by atoms with Gasteiger partial charge >= 0.3 is 208 Å². The van der Waals surface area contributed by atoms with E-state index in [1.807, 2.05) is 47.6 Å². The van der Waals surface area contributed by atoms with Gasteiger partial charge in [0.25, 0.3) is 0 Å². The van der Waals surface area contributed by atoms with Crippen LogP contribution in [-0.4, -0.2) is 120 Å². The van der Waals surface area contributed by atoms with Crippen LogP contribution >= 0.6 is 0 Å². The molecule has 6 aromatic rings. The van der Waals surface area contributed by atoms with Crippen molar-refractivity contribution in [3.8, 4) is 0 Å². The second-order valence-corrected chi connectivity index (χ2v) is 33.4. The van der Waals surface area contributed by atoms with Gasteiger partial charge in [0.15, 0.2) is 5.65 Å². The number of benzene rings is 2. The summed E-state index contributed by atoms with van der Waals surface area (Å²) in [6.07, 6.45) is 12.2. The SMILES string of the molecule is C.C.Cc1cc([C@H]2CCCN2c2ccn3ncc(NC(=O)N4CC[C@H](C)C4)c3n2)ccc1F.[CH3-].[CH3][Sn]([CH3])([CH3])[c]1cc([C@H]2CCCN2c2ccn3ncc(NC(=O)N4CC[C@H](O)C4)c3n2)ccc1F.[I-].[Na+]. The molecular formula is C50H69F2IN12NaO3Sn-. The average Bonchev–Trinajstić information content (AvgIpc) is 4.15. The quantitative estimate of drug-likeness (QED) is 0.124. The van der Waals surface area contributed by atoms with Crippen molar-refractivity contribution < 1.29 is 77.0 Å². The van der Waals surface area contributed by atoms with Crippen LogP contribution in [-0.2, 0) is 0 Å². The number of anilines is 4. The zero-order chi connectivity index (χ0) is 45.6. The topological polar surface area (TPSA) is 152 Å². The van der Waals surface area contributed by atoms with Crippen LogP contribution in [0.3, 0.4) is 0 Å². The number of aryl methyl sites for hydroxylation is 1. The Morgan fingerprint density at radius 2 is 1.19 bits per heavy atom. The van der Waals surface area contributed by atoms with E-state index >= 15 is 0 Å². The molecule has 4 amide bonds. The summed E-state index contributed by atoms with van der Waals surface area (Å²) in [6.45, 7) is 8.10. The Morgan fingerprint density at radius 1 is 0.700 bits per heavy atom. The Kier molecular flexibility index (Phi) is 20.8. The van der Waals surface area contributed by atoms with E-state index < -0.39 is 24.5 Å². The molecule has 3 N–H and O–H groups in total. The summed E-state index contributed by atoms with van der Waals surface area (Å²) in [6, 6.07) is 14.8. The zero-order valence-electron chi connectivity index (χ0n) is 40.1. The molecule has 374 valence electrons. The van der Waals surface area contributed by atoms with Gasteiger partial charge in [-0.1, -0.05) is 33.9 Å². The van der Waals surface area contributed by atoms with Gasteiger partial charge in [0, 0.05) is 38.9 Å². The van der Waals surface area contributed by atoms with E-state index in [1.54, 1.807) is 45.4 Å². The molecule has 0 radical (unpaired) electrons. The number of halogens is 3. The predicted molar refractivity (Wildman–Crippen MR) is 271 cm³/mol. The predicted octanol–water partition coefficient (Wildman–Crippen LogP) is 3.48. The zero-order valence-corrected chi connectivity index (χ0v) is 47.1. The molecule has 8 heterocycles. The fourth-order valence-electron chi connectivity index (χ4n) is 9.62. The van der Waals surface area contributed by atoms with Crippen LogP contribution in [0, 0.1) is 31.9 Å². The molecule has 15 nitrogen and oxygen atoms in total. The van der Waals surface area contributed by atoms with Gasteiger partial charge < -0.3 is 51.6 Å². The number of hydrogen-bond donors (Lipinski definition) is 3. The number of amides is 4. The summed E-state index contributed by atoms with van der Waals surface area (Å²) in [7, 11) is 0. The number of aliphatic hydroxyl groups excluding tert-OH is 1. The van der Waals surface area contributed by atoms with E-state index in [1.165, 1.54) is 0 Å². The number of nitrogens with one attached hydrogen (secondary N) is 2. The molecule has 20 heteroatoms. The largest absolute Gasteiger partial charge is 1.00 e. The number of carbonyl (C=O) groups excluding carboxylic acids is 2. The fraction of sp³-hybridized carbons (Fsp3) is 0.460. The Morgan fingerprint density at radius 3 is 1.64 bits per heavy atom. The Bertz CT molecular complexity index is 2740. The minimum absolute atomic E-state index is 0. The smallest absolute Gasteiger partial charge is 1.00 e.